The second kappa shape index (κ2) is 6.48. The van der Waals surface area contributed by atoms with Gasteiger partial charge in [-0.2, -0.15) is 0 Å². The number of rotatable bonds is 7. The molecule has 0 aliphatic carbocycles. The van der Waals surface area contributed by atoms with E-state index in [9.17, 15) is 9.32 Å². The average Bonchev–Trinajstić information content (AvgIpc) is 2.79. The van der Waals surface area contributed by atoms with Crippen molar-refractivity contribution in [3.8, 4) is 5.75 Å². The molecule has 1 aromatic heterocycles. The lowest BCUT2D eigenvalue weighted by Crippen LogP contribution is -2.16. The molecule has 0 aliphatic heterocycles. The molecule has 2 rings (SSSR count). The Morgan fingerprint density at radius 2 is 2.00 bits per heavy atom. The summed E-state index contributed by atoms with van der Waals surface area (Å²) in [4.78, 5) is 20.0. The molecule has 0 saturated heterocycles. The van der Waals surface area contributed by atoms with Gasteiger partial charge in [0.1, 0.15) is 11.5 Å². The van der Waals surface area contributed by atoms with Crippen LogP contribution in [0, 0.1) is 0 Å². The number of halogens is 1. The molecule has 0 amide bonds. The maximum absolute atomic E-state index is 11.8. The van der Waals surface area contributed by atoms with Gasteiger partial charge in [0.25, 0.3) is 5.56 Å². The van der Waals surface area contributed by atoms with E-state index in [1.807, 2.05) is 0 Å². The first-order valence-electron chi connectivity index (χ1n) is 5.77. The fourth-order valence-electron chi connectivity index (χ4n) is 1.48. The predicted octanol–water partition coefficient (Wildman–Crippen LogP) is 1.00. The number of anilines is 3. The van der Waals surface area contributed by atoms with Gasteiger partial charge in [0, 0.05) is 11.1 Å². The van der Waals surface area contributed by atoms with Crippen molar-refractivity contribution in [1.29, 1.82) is 0 Å². The predicted molar refractivity (Wildman–Crippen MR) is 72.1 cm³/mol. The minimum atomic E-state index is -0.322. The normalized spacial score (nSPS) is 10.2. The molecule has 0 saturated carbocycles. The average molecular weight is 283 g/mol. The van der Waals surface area contributed by atoms with Crippen LogP contribution in [-0.4, -0.2) is 23.3 Å². The third-order valence-electron chi connectivity index (χ3n) is 2.45. The lowest BCUT2D eigenvalue weighted by molar-refractivity contribution is -0.00619. The van der Waals surface area contributed by atoms with Gasteiger partial charge < -0.3 is 11.1 Å². The van der Waals surface area contributed by atoms with Crippen molar-refractivity contribution >= 4 is 17.2 Å². The van der Waals surface area contributed by atoms with Gasteiger partial charge in [-0.3, -0.25) is 30.3 Å². The Bertz CT molecular complexity index is 595. The highest BCUT2D eigenvalue weighted by atomic mass is 19.3. The van der Waals surface area contributed by atoms with E-state index in [1.54, 1.807) is 12.1 Å². The molecule has 0 fully saturated rings. The minimum Gasteiger partial charge on any atom is -0.382 e. The minimum absolute atomic E-state index is 0.111. The van der Waals surface area contributed by atoms with E-state index in [0.29, 0.717) is 12.2 Å². The highest BCUT2D eigenvalue weighted by molar-refractivity contribution is 5.59. The summed E-state index contributed by atoms with van der Waals surface area (Å²) in [5.74, 6) is 0.351. The fraction of sp³-hybridized carbons (Fsp3) is 0.182. The number of aromatic amines is 2. The Morgan fingerprint density at radius 1 is 1.25 bits per heavy atom. The lowest BCUT2D eigenvalue weighted by atomic mass is 10.3. The molecular formula is C11H14FN5O3. The fourth-order valence-corrected chi connectivity index (χ4v) is 1.48. The van der Waals surface area contributed by atoms with Crippen molar-refractivity contribution in [2.24, 2.45) is 0 Å². The van der Waals surface area contributed by atoms with Gasteiger partial charge in [-0.25, -0.2) is 0 Å². The maximum atomic E-state index is 11.8. The first-order chi connectivity index (χ1) is 9.70. The molecule has 0 aliphatic rings. The van der Waals surface area contributed by atoms with E-state index in [1.165, 1.54) is 12.1 Å². The van der Waals surface area contributed by atoms with Crippen LogP contribution in [0.4, 0.5) is 21.7 Å². The van der Waals surface area contributed by atoms with Crippen molar-refractivity contribution in [3.05, 3.63) is 34.6 Å². The zero-order valence-corrected chi connectivity index (χ0v) is 10.4. The van der Waals surface area contributed by atoms with Gasteiger partial charge in [0.2, 0.25) is 0 Å². The van der Waals surface area contributed by atoms with E-state index < -0.39 is 0 Å². The topological polar surface area (TPSA) is 117 Å². The van der Waals surface area contributed by atoms with Crippen molar-refractivity contribution < 1.29 is 14.3 Å². The molecule has 0 spiro atoms. The van der Waals surface area contributed by atoms with Crippen LogP contribution in [0.5, 0.6) is 5.75 Å². The molecule has 0 radical (unpaired) electrons. The molecule has 1 heterocycles. The Labute approximate surface area is 112 Å². The third kappa shape index (κ3) is 3.42. The SMILES string of the molecule is Nc1[nH][nH]c(=O)c1NCCONc1ccc(OF)cc1. The monoisotopic (exact) mass is 283 g/mol. The van der Waals surface area contributed by atoms with Gasteiger partial charge in [0.05, 0.1) is 12.3 Å². The van der Waals surface area contributed by atoms with Gasteiger partial charge in [-0.1, -0.05) is 0 Å². The number of aromatic nitrogens is 2. The quantitative estimate of drug-likeness (QED) is 0.382. The van der Waals surface area contributed by atoms with Crippen LogP contribution in [0.25, 0.3) is 0 Å². The standard InChI is InChI=1S/C11H14FN5O3/c12-20-8-3-1-7(2-4-8)17-19-6-5-14-9-10(13)15-16-11(9)18/h1-4,14,17H,5-6H2,(H4,13,15,16,18). The summed E-state index contributed by atoms with van der Waals surface area (Å²) < 4.78 is 11.8. The molecule has 8 nitrogen and oxygen atoms in total. The molecule has 0 atom stereocenters. The largest absolute Gasteiger partial charge is 0.382 e. The number of nitrogens with two attached hydrogens (primary N) is 1. The second-order valence-electron chi connectivity index (χ2n) is 3.85. The van der Waals surface area contributed by atoms with Crippen LogP contribution in [0.1, 0.15) is 0 Å². The van der Waals surface area contributed by atoms with E-state index in [-0.39, 0.29) is 29.4 Å². The molecule has 108 valence electrons. The van der Waals surface area contributed by atoms with Gasteiger partial charge in [0.15, 0.2) is 5.75 Å². The van der Waals surface area contributed by atoms with Crippen LogP contribution in [-0.2, 0) is 4.84 Å². The number of H-pyrrole nitrogens is 2. The molecule has 6 N–H and O–H groups in total. The third-order valence-corrected chi connectivity index (χ3v) is 2.45. The van der Waals surface area contributed by atoms with Gasteiger partial charge in [-0.05, 0) is 24.3 Å². The molecule has 20 heavy (non-hydrogen) atoms. The Balaban J connectivity index is 1.70. The summed E-state index contributed by atoms with van der Waals surface area (Å²) in [6.07, 6.45) is 0. The second-order valence-corrected chi connectivity index (χ2v) is 3.85. The van der Waals surface area contributed by atoms with E-state index in [0.717, 1.165) is 0 Å². The molecular weight excluding hydrogens is 269 g/mol. The van der Waals surface area contributed by atoms with Crippen molar-refractivity contribution in [2.75, 3.05) is 29.7 Å². The lowest BCUT2D eigenvalue weighted by Gasteiger charge is -2.08. The molecule has 0 bridgehead atoms. The number of hydrogen-bond acceptors (Lipinski definition) is 6. The number of hydrogen-bond donors (Lipinski definition) is 5. The zero-order valence-electron chi connectivity index (χ0n) is 10.4. The Kier molecular flexibility index (Phi) is 4.45. The van der Waals surface area contributed by atoms with Crippen LogP contribution >= 0.6 is 0 Å². The van der Waals surface area contributed by atoms with Crippen LogP contribution in [0.3, 0.4) is 0 Å². The summed E-state index contributed by atoms with van der Waals surface area (Å²) in [5.41, 5.74) is 8.79. The molecule has 2 aromatic rings. The molecule has 9 heteroatoms. The van der Waals surface area contributed by atoms with Gasteiger partial charge >= 0.3 is 0 Å². The van der Waals surface area contributed by atoms with Crippen molar-refractivity contribution in [3.63, 3.8) is 0 Å². The van der Waals surface area contributed by atoms with Gasteiger partial charge in [-0.15, -0.1) is 0 Å². The highest BCUT2D eigenvalue weighted by Gasteiger charge is 2.04. The smallest absolute Gasteiger partial charge is 0.289 e. The maximum Gasteiger partial charge on any atom is 0.289 e. The first kappa shape index (κ1) is 13.7. The Morgan fingerprint density at radius 3 is 2.60 bits per heavy atom. The van der Waals surface area contributed by atoms with Crippen LogP contribution in [0.15, 0.2) is 29.1 Å². The summed E-state index contributed by atoms with van der Waals surface area (Å²) in [6, 6.07) is 6.09. The molecule has 0 unspecified atom stereocenters. The number of nitrogens with one attached hydrogen (secondary N) is 4. The number of nitrogen functional groups attached to an aromatic ring is 1. The van der Waals surface area contributed by atoms with Crippen LogP contribution in [0.2, 0.25) is 0 Å². The summed E-state index contributed by atoms with van der Waals surface area (Å²) in [7, 11) is 0. The summed E-state index contributed by atoms with van der Waals surface area (Å²) in [6.45, 7) is 0.662. The Hall–Kier alpha value is -2.68. The summed E-state index contributed by atoms with van der Waals surface area (Å²) in [5, 5.41) is 7.67. The number of benzene rings is 1. The zero-order chi connectivity index (χ0) is 14.4. The van der Waals surface area contributed by atoms with E-state index in [2.05, 4.69) is 25.9 Å². The van der Waals surface area contributed by atoms with Crippen molar-refractivity contribution in [2.45, 2.75) is 0 Å². The molecule has 1 aromatic carbocycles. The summed E-state index contributed by atoms with van der Waals surface area (Å²) >= 11 is 0. The first-order valence-corrected chi connectivity index (χ1v) is 5.77. The van der Waals surface area contributed by atoms with E-state index in [4.69, 9.17) is 10.6 Å². The van der Waals surface area contributed by atoms with Crippen molar-refractivity contribution in [1.82, 2.24) is 10.2 Å². The van der Waals surface area contributed by atoms with E-state index >= 15 is 0 Å². The highest BCUT2D eigenvalue weighted by Crippen LogP contribution is 2.15. The van der Waals surface area contributed by atoms with Crippen LogP contribution < -0.4 is 27.0 Å².